The Morgan fingerprint density at radius 2 is 2.10 bits per heavy atom. The molecule has 0 amide bonds. The molecule has 1 atom stereocenters. The molecule has 3 aromatic rings. The van der Waals surface area contributed by atoms with Gasteiger partial charge in [0.05, 0.1) is 5.02 Å². The van der Waals surface area contributed by atoms with Gasteiger partial charge in [0.2, 0.25) is 0 Å². The molecule has 0 bridgehead atoms. The Morgan fingerprint density at radius 3 is 2.90 bits per heavy atom. The van der Waals surface area contributed by atoms with Crippen molar-refractivity contribution in [3.05, 3.63) is 65.8 Å². The van der Waals surface area contributed by atoms with Crippen molar-refractivity contribution in [1.82, 2.24) is 30.4 Å². The molecule has 1 aromatic carbocycles. The zero-order valence-electron chi connectivity index (χ0n) is 16.9. The summed E-state index contributed by atoms with van der Waals surface area (Å²) < 4.78 is 1.95. The number of halogens is 1. The van der Waals surface area contributed by atoms with Crippen LogP contribution in [0.2, 0.25) is 5.02 Å². The lowest BCUT2D eigenvalue weighted by Gasteiger charge is -2.20. The lowest BCUT2D eigenvalue weighted by atomic mass is 10.3. The third kappa shape index (κ3) is 4.71. The predicted molar refractivity (Wildman–Crippen MR) is 119 cm³/mol. The Balaban J connectivity index is 1.42. The van der Waals surface area contributed by atoms with Crippen LogP contribution in [0.5, 0.6) is 0 Å². The van der Waals surface area contributed by atoms with Crippen LogP contribution in [0.4, 0.5) is 5.82 Å². The van der Waals surface area contributed by atoms with Crippen LogP contribution in [0, 0.1) is 0 Å². The first-order valence-electron chi connectivity index (χ1n) is 10.1. The van der Waals surface area contributed by atoms with E-state index in [2.05, 4.69) is 37.6 Å². The molecular formula is C21H25ClN8. The van der Waals surface area contributed by atoms with Gasteiger partial charge in [-0.05, 0) is 37.6 Å². The van der Waals surface area contributed by atoms with Gasteiger partial charge in [0.15, 0.2) is 11.8 Å². The van der Waals surface area contributed by atoms with E-state index in [0.29, 0.717) is 11.6 Å². The van der Waals surface area contributed by atoms with E-state index >= 15 is 0 Å². The van der Waals surface area contributed by atoms with Crippen molar-refractivity contribution in [3.63, 3.8) is 0 Å². The summed E-state index contributed by atoms with van der Waals surface area (Å²) in [5, 5.41) is 15.8. The molecule has 1 saturated heterocycles. The quantitative estimate of drug-likeness (QED) is 0.467. The number of para-hydroxylation sites is 1. The minimum Gasteiger partial charge on any atom is -0.357 e. The predicted octanol–water partition coefficient (Wildman–Crippen LogP) is 2.65. The van der Waals surface area contributed by atoms with Crippen LogP contribution in [0.25, 0.3) is 5.69 Å². The van der Waals surface area contributed by atoms with E-state index in [9.17, 15) is 0 Å². The minimum absolute atomic E-state index is 0.257. The Labute approximate surface area is 181 Å². The molecule has 1 aliphatic rings. The number of anilines is 1. The molecule has 30 heavy (non-hydrogen) atoms. The van der Waals surface area contributed by atoms with Crippen molar-refractivity contribution in [2.45, 2.75) is 25.9 Å². The zero-order chi connectivity index (χ0) is 20.8. The number of benzene rings is 1. The molecule has 2 aromatic heterocycles. The van der Waals surface area contributed by atoms with Gasteiger partial charge in [-0.15, -0.1) is 10.2 Å². The molecule has 2 N–H and O–H groups in total. The summed E-state index contributed by atoms with van der Waals surface area (Å²) >= 11 is 6.30. The molecule has 9 heteroatoms. The van der Waals surface area contributed by atoms with Gasteiger partial charge in [-0.1, -0.05) is 29.8 Å². The van der Waals surface area contributed by atoms with Crippen LogP contribution in [-0.4, -0.2) is 51.4 Å². The molecule has 0 saturated carbocycles. The lowest BCUT2D eigenvalue weighted by molar-refractivity contribution is 0.647. The zero-order valence-corrected chi connectivity index (χ0v) is 17.6. The monoisotopic (exact) mass is 424 g/mol. The smallest absolute Gasteiger partial charge is 0.191 e. The molecule has 156 valence electrons. The number of hydrogen-bond donors (Lipinski definition) is 2. The topological polar surface area (TPSA) is 83.3 Å². The molecule has 0 aliphatic carbocycles. The van der Waals surface area contributed by atoms with Gasteiger partial charge in [0.25, 0.3) is 0 Å². The highest BCUT2D eigenvalue weighted by Gasteiger charge is 2.25. The molecule has 4 rings (SSSR count). The van der Waals surface area contributed by atoms with Crippen molar-refractivity contribution in [3.8, 4) is 5.69 Å². The maximum Gasteiger partial charge on any atom is 0.191 e. The van der Waals surface area contributed by atoms with E-state index in [1.54, 1.807) is 12.5 Å². The van der Waals surface area contributed by atoms with Crippen LogP contribution < -0.4 is 15.5 Å². The normalized spacial score (nSPS) is 16.7. The summed E-state index contributed by atoms with van der Waals surface area (Å²) in [5.74, 6) is 2.38. The number of nitrogens with zero attached hydrogens (tertiary/aromatic N) is 6. The van der Waals surface area contributed by atoms with E-state index < -0.39 is 0 Å². The summed E-state index contributed by atoms with van der Waals surface area (Å²) in [6, 6.07) is 14.0. The SMILES string of the molecule is CCNC(=NCc1nncn1-c1ccccc1)NC1CCN(c2ncccc2Cl)C1. The fraction of sp³-hybridized carbons (Fsp3) is 0.333. The molecule has 0 radical (unpaired) electrons. The number of guanidine groups is 1. The molecular weight excluding hydrogens is 400 g/mol. The van der Waals surface area contributed by atoms with Gasteiger partial charge in [0.1, 0.15) is 18.7 Å². The van der Waals surface area contributed by atoms with Gasteiger partial charge in [-0.25, -0.2) is 9.98 Å². The second kappa shape index (κ2) is 9.58. The van der Waals surface area contributed by atoms with Crippen molar-refractivity contribution < 1.29 is 0 Å². The van der Waals surface area contributed by atoms with Crippen molar-refractivity contribution in [2.24, 2.45) is 4.99 Å². The van der Waals surface area contributed by atoms with Gasteiger partial charge < -0.3 is 15.5 Å². The number of aromatic nitrogens is 4. The summed E-state index contributed by atoms with van der Waals surface area (Å²) in [7, 11) is 0. The number of pyridine rings is 1. The maximum absolute atomic E-state index is 6.30. The second-order valence-electron chi connectivity index (χ2n) is 7.03. The standard InChI is InChI=1S/C21H25ClN8/c1-2-23-21(25-13-19-28-26-15-30(19)17-7-4-3-5-8-17)27-16-10-12-29(14-16)20-18(22)9-6-11-24-20/h3-9,11,15-16H,2,10,12-14H2,1H3,(H2,23,25,27). The highest BCUT2D eigenvalue weighted by Crippen LogP contribution is 2.25. The van der Waals surface area contributed by atoms with Crippen molar-refractivity contribution >= 4 is 23.4 Å². The molecule has 1 aliphatic heterocycles. The fourth-order valence-corrected chi connectivity index (χ4v) is 3.76. The van der Waals surface area contributed by atoms with Gasteiger partial charge >= 0.3 is 0 Å². The number of rotatable bonds is 6. The highest BCUT2D eigenvalue weighted by molar-refractivity contribution is 6.32. The van der Waals surface area contributed by atoms with Crippen LogP contribution in [-0.2, 0) is 6.54 Å². The van der Waals surface area contributed by atoms with Gasteiger partial charge in [-0.3, -0.25) is 4.57 Å². The molecule has 0 spiro atoms. The summed E-state index contributed by atoms with van der Waals surface area (Å²) in [4.78, 5) is 11.4. The van der Waals surface area contributed by atoms with E-state index in [1.807, 2.05) is 47.0 Å². The largest absolute Gasteiger partial charge is 0.357 e. The van der Waals surface area contributed by atoms with E-state index in [-0.39, 0.29) is 6.04 Å². The molecule has 1 fully saturated rings. The number of hydrogen-bond acceptors (Lipinski definition) is 5. The average molecular weight is 425 g/mol. The second-order valence-corrected chi connectivity index (χ2v) is 7.44. The molecule has 1 unspecified atom stereocenters. The third-order valence-corrected chi connectivity index (χ3v) is 5.24. The summed E-state index contributed by atoms with van der Waals surface area (Å²) in [6.07, 6.45) is 4.47. The fourth-order valence-electron chi connectivity index (χ4n) is 3.51. The van der Waals surface area contributed by atoms with Crippen LogP contribution in [0.3, 0.4) is 0 Å². The third-order valence-electron chi connectivity index (χ3n) is 4.94. The van der Waals surface area contributed by atoms with E-state index in [0.717, 1.165) is 49.3 Å². The number of aliphatic imine (C=N–C) groups is 1. The van der Waals surface area contributed by atoms with E-state index in [1.165, 1.54) is 0 Å². The molecule has 3 heterocycles. The van der Waals surface area contributed by atoms with Crippen LogP contribution >= 0.6 is 11.6 Å². The van der Waals surface area contributed by atoms with Gasteiger partial charge in [0, 0.05) is 37.6 Å². The minimum atomic E-state index is 0.257. The van der Waals surface area contributed by atoms with Gasteiger partial charge in [-0.2, -0.15) is 0 Å². The summed E-state index contributed by atoms with van der Waals surface area (Å²) in [5.41, 5.74) is 1.02. The Morgan fingerprint density at radius 1 is 1.23 bits per heavy atom. The lowest BCUT2D eigenvalue weighted by Crippen LogP contribution is -2.44. The van der Waals surface area contributed by atoms with Crippen LogP contribution in [0.15, 0.2) is 60.0 Å². The van der Waals surface area contributed by atoms with Crippen molar-refractivity contribution in [1.29, 1.82) is 0 Å². The first-order valence-corrected chi connectivity index (χ1v) is 10.5. The average Bonchev–Trinajstić information content (AvgIpc) is 3.43. The number of nitrogens with one attached hydrogen (secondary N) is 2. The Bertz CT molecular complexity index is 987. The maximum atomic E-state index is 6.30. The highest BCUT2D eigenvalue weighted by atomic mass is 35.5. The van der Waals surface area contributed by atoms with E-state index in [4.69, 9.17) is 16.6 Å². The summed E-state index contributed by atoms with van der Waals surface area (Å²) in [6.45, 7) is 4.97. The molecule has 8 nitrogen and oxygen atoms in total. The Hall–Kier alpha value is -3.13. The van der Waals surface area contributed by atoms with Crippen molar-refractivity contribution in [2.75, 3.05) is 24.5 Å². The first kappa shape index (κ1) is 20.2. The first-order chi connectivity index (χ1) is 14.7. The van der Waals surface area contributed by atoms with Crippen LogP contribution in [0.1, 0.15) is 19.2 Å². The Kier molecular flexibility index (Phi) is 6.44.